The van der Waals surface area contributed by atoms with Crippen LogP contribution in [0.15, 0.2) is 4.99 Å². The van der Waals surface area contributed by atoms with Gasteiger partial charge in [-0.15, -0.1) is 0 Å². The Morgan fingerprint density at radius 3 is 2.36 bits per heavy atom. The fourth-order valence-electron chi connectivity index (χ4n) is 4.27. The van der Waals surface area contributed by atoms with E-state index in [2.05, 4.69) is 22.5 Å². The SMILES string of the molecule is CCNC(=NCC1(N2CCCCC2)CCCCC1)NCCOCCS(C)(=O)=O. The number of hydrogen-bond acceptors (Lipinski definition) is 5. The van der Waals surface area contributed by atoms with Gasteiger partial charge in [-0.3, -0.25) is 9.89 Å². The van der Waals surface area contributed by atoms with Crippen molar-refractivity contribution in [3.8, 4) is 0 Å². The summed E-state index contributed by atoms with van der Waals surface area (Å²) in [4.78, 5) is 7.66. The zero-order valence-electron chi connectivity index (χ0n) is 17.8. The predicted octanol–water partition coefficient (Wildman–Crippen LogP) is 1.79. The maximum Gasteiger partial charge on any atom is 0.191 e. The predicted molar refractivity (Wildman–Crippen MR) is 116 cm³/mol. The zero-order chi connectivity index (χ0) is 20.3. The normalized spacial score (nSPS) is 21.4. The van der Waals surface area contributed by atoms with E-state index < -0.39 is 9.84 Å². The van der Waals surface area contributed by atoms with Gasteiger partial charge in [0.2, 0.25) is 0 Å². The Hall–Kier alpha value is -0.860. The zero-order valence-corrected chi connectivity index (χ0v) is 18.7. The smallest absolute Gasteiger partial charge is 0.191 e. The Kier molecular flexibility index (Phi) is 10.0. The Bertz CT molecular complexity index is 568. The van der Waals surface area contributed by atoms with Gasteiger partial charge in [-0.25, -0.2) is 8.42 Å². The summed E-state index contributed by atoms with van der Waals surface area (Å²) in [6, 6.07) is 0. The number of hydrogen-bond donors (Lipinski definition) is 2. The Morgan fingerprint density at radius 2 is 1.71 bits per heavy atom. The first-order chi connectivity index (χ1) is 13.5. The maximum absolute atomic E-state index is 11.1. The first kappa shape index (κ1) is 23.4. The third kappa shape index (κ3) is 8.25. The lowest BCUT2D eigenvalue weighted by molar-refractivity contribution is 0.0407. The highest BCUT2D eigenvalue weighted by Crippen LogP contribution is 2.35. The molecule has 164 valence electrons. The van der Waals surface area contributed by atoms with Crippen molar-refractivity contribution in [3.05, 3.63) is 0 Å². The van der Waals surface area contributed by atoms with Gasteiger partial charge >= 0.3 is 0 Å². The van der Waals surface area contributed by atoms with Crippen LogP contribution in [0.1, 0.15) is 58.3 Å². The van der Waals surface area contributed by atoms with Crippen LogP contribution in [0.5, 0.6) is 0 Å². The van der Waals surface area contributed by atoms with Crippen LogP contribution in [-0.4, -0.2) is 82.8 Å². The molecule has 0 bridgehead atoms. The van der Waals surface area contributed by atoms with Gasteiger partial charge in [0.15, 0.2) is 5.96 Å². The van der Waals surface area contributed by atoms with Crippen LogP contribution >= 0.6 is 0 Å². The van der Waals surface area contributed by atoms with E-state index in [1.54, 1.807) is 0 Å². The standard InChI is InChI=1S/C20H40N4O3S/c1-3-21-19(22-12-15-27-16-17-28(2,25)26)23-18-20(10-6-4-7-11-20)24-13-8-5-9-14-24/h3-18H2,1-2H3,(H2,21,22,23). The van der Waals surface area contributed by atoms with E-state index in [0.717, 1.165) is 19.0 Å². The summed E-state index contributed by atoms with van der Waals surface area (Å²) in [7, 11) is -2.96. The van der Waals surface area contributed by atoms with Crippen LogP contribution < -0.4 is 10.6 Å². The highest BCUT2D eigenvalue weighted by Gasteiger charge is 2.38. The maximum atomic E-state index is 11.1. The average Bonchev–Trinajstić information content (AvgIpc) is 2.69. The van der Waals surface area contributed by atoms with Crippen LogP contribution in [0.2, 0.25) is 0 Å². The lowest BCUT2D eigenvalue weighted by Crippen LogP contribution is -2.54. The molecule has 0 spiro atoms. The lowest BCUT2D eigenvalue weighted by atomic mass is 9.79. The molecular weight excluding hydrogens is 376 g/mol. The largest absolute Gasteiger partial charge is 0.379 e. The molecule has 1 aliphatic carbocycles. The second-order valence-corrected chi connectivity index (χ2v) is 10.5. The van der Waals surface area contributed by atoms with Crippen molar-refractivity contribution in [1.82, 2.24) is 15.5 Å². The molecule has 0 aromatic heterocycles. The van der Waals surface area contributed by atoms with Gasteiger partial charge < -0.3 is 15.4 Å². The molecule has 2 N–H and O–H groups in total. The number of nitrogens with one attached hydrogen (secondary N) is 2. The van der Waals surface area contributed by atoms with Crippen molar-refractivity contribution in [1.29, 1.82) is 0 Å². The van der Waals surface area contributed by atoms with E-state index in [1.165, 1.54) is 70.7 Å². The topological polar surface area (TPSA) is 83.0 Å². The van der Waals surface area contributed by atoms with Crippen molar-refractivity contribution in [3.63, 3.8) is 0 Å². The first-order valence-corrected chi connectivity index (χ1v) is 13.0. The molecule has 0 aromatic rings. The number of ether oxygens (including phenoxy) is 1. The summed E-state index contributed by atoms with van der Waals surface area (Å²) in [6.45, 7) is 7.49. The molecular formula is C20H40N4O3S. The molecule has 0 amide bonds. The van der Waals surface area contributed by atoms with Crippen molar-refractivity contribution in [2.75, 3.05) is 57.9 Å². The molecule has 0 unspecified atom stereocenters. The molecule has 1 saturated heterocycles. The monoisotopic (exact) mass is 416 g/mol. The summed E-state index contributed by atoms with van der Waals surface area (Å²) in [5.41, 5.74) is 0.229. The molecule has 1 saturated carbocycles. The Morgan fingerprint density at radius 1 is 1.04 bits per heavy atom. The van der Waals surface area contributed by atoms with E-state index in [1.807, 2.05) is 0 Å². The van der Waals surface area contributed by atoms with Gasteiger partial charge in [0, 0.05) is 24.9 Å². The van der Waals surface area contributed by atoms with Crippen LogP contribution in [0.3, 0.4) is 0 Å². The number of nitrogens with zero attached hydrogens (tertiary/aromatic N) is 2. The average molecular weight is 417 g/mol. The van der Waals surface area contributed by atoms with Gasteiger partial charge in [-0.2, -0.15) is 0 Å². The van der Waals surface area contributed by atoms with E-state index in [-0.39, 0.29) is 17.9 Å². The molecule has 2 fully saturated rings. The van der Waals surface area contributed by atoms with Crippen LogP contribution in [-0.2, 0) is 14.6 Å². The Balaban J connectivity index is 1.85. The third-order valence-corrected chi connectivity index (χ3v) is 6.73. The molecule has 28 heavy (non-hydrogen) atoms. The number of piperidine rings is 1. The van der Waals surface area contributed by atoms with Gasteiger partial charge in [-0.1, -0.05) is 25.7 Å². The summed E-state index contributed by atoms with van der Waals surface area (Å²) in [5.74, 6) is 0.899. The lowest BCUT2D eigenvalue weighted by Gasteiger charge is -2.47. The van der Waals surface area contributed by atoms with Gasteiger partial charge in [0.05, 0.1) is 25.5 Å². The molecule has 0 aromatic carbocycles. The minimum atomic E-state index is -2.96. The molecule has 8 heteroatoms. The number of aliphatic imine (C=N–C) groups is 1. The fraction of sp³-hybridized carbons (Fsp3) is 0.950. The highest BCUT2D eigenvalue weighted by molar-refractivity contribution is 7.90. The number of likely N-dealkylation sites (tertiary alicyclic amines) is 1. The molecule has 7 nitrogen and oxygen atoms in total. The second-order valence-electron chi connectivity index (χ2n) is 8.20. The summed E-state index contributed by atoms with van der Waals surface area (Å²) < 4.78 is 27.7. The fourth-order valence-corrected chi connectivity index (χ4v) is 4.70. The molecule has 2 rings (SSSR count). The minimum Gasteiger partial charge on any atom is -0.379 e. The van der Waals surface area contributed by atoms with E-state index in [4.69, 9.17) is 9.73 Å². The molecule has 0 radical (unpaired) electrons. The Labute approximate surface area is 171 Å². The van der Waals surface area contributed by atoms with Crippen molar-refractivity contribution in [2.24, 2.45) is 4.99 Å². The van der Waals surface area contributed by atoms with Gasteiger partial charge in [0.1, 0.15) is 9.84 Å². The van der Waals surface area contributed by atoms with E-state index in [0.29, 0.717) is 13.2 Å². The third-order valence-electron chi connectivity index (χ3n) is 5.82. The van der Waals surface area contributed by atoms with E-state index >= 15 is 0 Å². The van der Waals surface area contributed by atoms with Gasteiger partial charge in [0.25, 0.3) is 0 Å². The molecule has 0 atom stereocenters. The second kappa shape index (κ2) is 12.0. The molecule has 1 heterocycles. The van der Waals surface area contributed by atoms with Crippen molar-refractivity contribution >= 4 is 15.8 Å². The van der Waals surface area contributed by atoms with Crippen molar-refractivity contribution < 1.29 is 13.2 Å². The van der Waals surface area contributed by atoms with Crippen LogP contribution in [0.4, 0.5) is 0 Å². The van der Waals surface area contributed by atoms with E-state index in [9.17, 15) is 8.42 Å². The summed E-state index contributed by atoms with van der Waals surface area (Å²) in [6.07, 6.45) is 11.7. The quantitative estimate of drug-likeness (QED) is 0.321. The first-order valence-electron chi connectivity index (χ1n) is 11.0. The van der Waals surface area contributed by atoms with Gasteiger partial charge in [-0.05, 0) is 45.7 Å². The van der Waals surface area contributed by atoms with Crippen molar-refractivity contribution in [2.45, 2.75) is 63.8 Å². The molecule has 1 aliphatic heterocycles. The minimum absolute atomic E-state index is 0.0690. The highest BCUT2D eigenvalue weighted by atomic mass is 32.2. The summed E-state index contributed by atoms with van der Waals surface area (Å²) in [5, 5.41) is 6.65. The number of rotatable bonds is 10. The van der Waals surface area contributed by atoms with Crippen LogP contribution in [0.25, 0.3) is 0 Å². The molecule has 2 aliphatic rings. The van der Waals surface area contributed by atoms with Crippen LogP contribution in [0, 0.1) is 0 Å². The number of sulfone groups is 1. The summed E-state index contributed by atoms with van der Waals surface area (Å²) >= 11 is 0. The number of guanidine groups is 1.